The van der Waals surface area contributed by atoms with E-state index in [0.29, 0.717) is 13.0 Å². The number of carbonyl (C=O) groups excluding carboxylic acids is 1. The van der Waals surface area contributed by atoms with Crippen LogP contribution >= 0.6 is 0 Å². The maximum Gasteiger partial charge on any atom is 0.237 e. The molecule has 0 radical (unpaired) electrons. The standard InChI is InChI=1S/C15H28N4O/c1-7-13-11(4)18-19(12(13)5)9-8-15(6,14(16)20)17-10(2)3/h10,17H,7-9H2,1-6H3,(H2,16,20). The molecule has 1 unspecified atom stereocenters. The van der Waals surface area contributed by atoms with Crippen LogP contribution in [0.15, 0.2) is 0 Å². The molecule has 1 heterocycles. The highest BCUT2D eigenvalue weighted by molar-refractivity contribution is 5.84. The van der Waals surface area contributed by atoms with Crippen LogP contribution in [-0.2, 0) is 17.8 Å². The Morgan fingerprint density at radius 2 is 2.05 bits per heavy atom. The number of nitrogens with one attached hydrogen (secondary N) is 1. The molecule has 0 saturated carbocycles. The zero-order valence-corrected chi connectivity index (χ0v) is 13.6. The second kappa shape index (κ2) is 6.39. The number of rotatable bonds is 7. The van der Waals surface area contributed by atoms with Crippen molar-refractivity contribution in [2.45, 2.75) is 72.5 Å². The molecule has 1 aromatic heterocycles. The average Bonchev–Trinajstić information content (AvgIpc) is 2.60. The summed E-state index contributed by atoms with van der Waals surface area (Å²) in [5, 5.41) is 7.82. The van der Waals surface area contributed by atoms with Crippen LogP contribution in [0.2, 0.25) is 0 Å². The first-order valence-corrected chi connectivity index (χ1v) is 7.31. The van der Waals surface area contributed by atoms with Crippen molar-refractivity contribution in [1.29, 1.82) is 0 Å². The molecule has 1 rings (SSSR count). The molecule has 0 saturated heterocycles. The summed E-state index contributed by atoms with van der Waals surface area (Å²) in [5.74, 6) is -0.316. The highest BCUT2D eigenvalue weighted by atomic mass is 16.1. The van der Waals surface area contributed by atoms with Crippen molar-refractivity contribution in [3.05, 3.63) is 17.0 Å². The lowest BCUT2D eigenvalue weighted by atomic mass is 9.95. The van der Waals surface area contributed by atoms with Gasteiger partial charge in [-0.05, 0) is 53.0 Å². The van der Waals surface area contributed by atoms with Gasteiger partial charge in [-0.15, -0.1) is 0 Å². The highest BCUT2D eigenvalue weighted by Gasteiger charge is 2.31. The van der Waals surface area contributed by atoms with Crippen LogP contribution in [0.25, 0.3) is 0 Å². The Hall–Kier alpha value is -1.36. The van der Waals surface area contributed by atoms with Crippen molar-refractivity contribution < 1.29 is 4.79 Å². The van der Waals surface area contributed by atoms with Crippen molar-refractivity contribution in [3.63, 3.8) is 0 Å². The predicted octanol–water partition coefficient (Wildman–Crippen LogP) is 1.69. The van der Waals surface area contributed by atoms with E-state index in [2.05, 4.69) is 24.3 Å². The summed E-state index contributed by atoms with van der Waals surface area (Å²) in [6, 6.07) is 0.208. The van der Waals surface area contributed by atoms with E-state index in [9.17, 15) is 4.79 Å². The van der Waals surface area contributed by atoms with Crippen LogP contribution in [0.3, 0.4) is 0 Å². The quantitative estimate of drug-likeness (QED) is 0.798. The van der Waals surface area contributed by atoms with Crippen molar-refractivity contribution in [3.8, 4) is 0 Å². The lowest BCUT2D eigenvalue weighted by Crippen LogP contribution is -2.56. The summed E-state index contributed by atoms with van der Waals surface area (Å²) in [4.78, 5) is 11.7. The Morgan fingerprint density at radius 3 is 2.45 bits per heavy atom. The molecular weight excluding hydrogens is 252 g/mol. The minimum absolute atomic E-state index is 0.208. The van der Waals surface area contributed by atoms with Crippen molar-refractivity contribution >= 4 is 5.91 Å². The van der Waals surface area contributed by atoms with Crippen molar-refractivity contribution in [2.75, 3.05) is 0 Å². The third-order valence-electron chi connectivity index (χ3n) is 3.86. The Balaban J connectivity index is 2.86. The number of amides is 1. The first-order valence-electron chi connectivity index (χ1n) is 7.31. The highest BCUT2D eigenvalue weighted by Crippen LogP contribution is 2.17. The van der Waals surface area contributed by atoms with Gasteiger partial charge in [-0.3, -0.25) is 9.48 Å². The average molecular weight is 280 g/mol. The Morgan fingerprint density at radius 1 is 1.45 bits per heavy atom. The second-order valence-corrected chi connectivity index (χ2v) is 5.97. The molecule has 20 heavy (non-hydrogen) atoms. The van der Waals surface area contributed by atoms with Crippen LogP contribution in [0.5, 0.6) is 0 Å². The predicted molar refractivity (Wildman–Crippen MR) is 81.6 cm³/mol. The molecule has 1 atom stereocenters. The number of hydrogen-bond donors (Lipinski definition) is 2. The van der Waals surface area contributed by atoms with Gasteiger partial charge >= 0.3 is 0 Å². The number of aromatic nitrogens is 2. The molecular formula is C15H28N4O. The number of primary amides is 1. The summed E-state index contributed by atoms with van der Waals surface area (Å²) in [5.41, 5.74) is 8.40. The molecule has 0 aliphatic rings. The molecule has 114 valence electrons. The Labute approximate surface area is 121 Å². The van der Waals surface area contributed by atoms with Gasteiger partial charge in [-0.25, -0.2) is 0 Å². The second-order valence-electron chi connectivity index (χ2n) is 5.97. The van der Waals surface area contributed by atoms with E-state index in [0.717, 1.165) is 12.1 Å². The van der Waals surface area contributed by atoms with Gasteiger partial charge in [-0.2, -0.15) is 5.10 Å². The van der Waals surface area contributed by atoms with Gasteiger partial charge in [0.1, 0.15) is 0 Å². The molecule has 5 heteroatoms. The summed E-state index contributed by atoms with van der Waals surface area (Å²) in [7, 11) is 0. The number of carbonyl (C=O) groups is 1. The summed E-state index contributed by atoms with van der Waals surface area (Å²) in [6.45, 7) is 12.8. The number of hydrogen-bond acceptors (Lipinski definition) is 3. The van der Waals surface area contributed by atoms with E-state index in [1.54, 1.807) is 0 Å². The monoisotopic (exact) mass is 280 g/mol. The summed E-state index contributed by atoms with van der Waals surface area (Å²) in [6.07, 6.45) is 1.61. The molecule has 5 nitrogen and oxygen atoms in total. The third-order valence-corrected chi connectivity index (χ3v) is 3.86. The van der Waals surface area contributed by atoms with Gasteiger partial charge in [0.05, 0.1) is 11.2 Å². The maximum absolute atomic E-state index is 11.7. The minimum atomic E-state index is -0.702. The van der Waals surface area contributed by atoms with Crippen molar-refractivity contribution in [1.82, 2.24) is 15.1 Å². The van der Waals surface area contributed by atoms with Crippen molar-refractivity contribution in [2.24, 2.45) is 5.73 Å². The molecule has 1 aromatic rings. The van der Waals surface area contributed by atoms with Gasteiger partial charge in [0.2, 0.25) is 5.91 Å². The molecule has 3 N–H and O–H groups in total. The first kappa shape index (κ1) is 16.7. The van der Waals surface area contributed by atoms with E-state index in [1.165, 1.54) is 11.3 Å². The topological polar surface area (TPSA) is 72.9 Å². The van der Waals surface area contributed by atoms with Crippen LogP contribution in [0.1, 0.15) is 51.1 Å². The normalized spacial score (nSPS) is 14.6. The van der Waals surface area contributed by atoms with Gasteiger partial charge in [0.15, 0.2) is 0 Å². The summed E-state index contributed by atoms with van der Waals surface area (Å²) >= 11 is 0. The molecule has 0 aliphatic heterocycles. The first-order chi connectivity index (χ1) is 9.21. The molecule has 1 amide bonds. The van der Waals surface area contributed by atoms with Crippen LogP contribution in [-0.4, -0.2) is 27.3 Å². The smallest absolute Gasteiger partial charge is 0.237 e. The van der Waals surface area contributed by atoms with Gasteiger partial charge in [0, 0.05) is 18.3 Å². The minimum Gasteiger partial charge on any atom is -0.368 e. The van der Waals surface area contributed by atoms with Crippen LogP contribution in [0.4, 0.5) is 0 Å². The molecule has 0 aliphatic carbocycles. The molecule has 0 aromatic carbocycles. The van der Waals surface area contributed by atoms with Gasteiger partial charge in [-0.1, -0.05) is 6.92 Å². The number of nitrogens with zero attached hydrogens (tertiary/aromatic N) is 2. The van der Waals surface area contributed by atoms with E-state index < -0.39 is 5.54 Å². The zero-order chi connectivity index (χ0) is 15.5. The number of nitrogens with two attached hydrogens (primary N) is 1. The van der Waals surface area contributed by atoms with Gasteiger partial charge < -0.3 is 11.1 Å². The van der Waals surface area contributed by atoms with Gasteiger partial charge in [0.25, 0.3) is 0 Å². The van der Waals surface area contributed by atoms with Crippen LogP contribution < -0.4 is 11.1 Å². The molecule has 0 fully saturated rings. The van der Waals surface area contributed by atoms with E-state index in [-0.39, 0.29) is 11.9 Å². The zero-order valence-electron chi connectivity index (χ0n) is 13.6. The molecule has 0 spiro atoms. The fraction of sp³-hybridized carbons (Fsp3) is 0.733. The third kappa shape index (κ3) is 3.60. The van der Waals surface area contributed by atoms with E-state index in [4.69, 9.17) is 5.73 Å². The largest absolute Gasteiger partial charge is 0.368 e. The summed E-state index contributed by atoms with van der Waals surface area (Å²) < 4.78 is 1.98. The lowest BCUT2D eigenvalue weighted by molar-refractivity contribution is -0.124. The fourth-order valence-corrected chi connectivity index (χ4v) is 2.70. The molecule has 0 bridgehead atoms. The van der Waals surface area contributed by atoms with E-state index >= 15 is 0 Å². The number of aryl methyl sites for hydroxylation is 2. The van der Waals surface area contributed by atoms with E-state index in [1.807, 2.05) is 32.4 Å². The van der Waals surface area contributed by atoms with Crippen LogP contribution in [0, 0.1) is 13.8 Å². The Bertz CT molecular complexity index is 478. The fourth-order valence-electron chi connectivity index (χ4n) is 2.70. The maximum atomic E-state index is 11.7. The SMILES string of the molecule is CCc1c(C)nn(CCC(C)(NC(C)C)C(N)=O)c1C. The lowest BCUT2D eigenvalue weighted by Gasteiger charge is -2.30. The Kier molecular flexibility index (Phi) is 5.34.